The second-order valence-corrected chi connectivity index (χ2v) is 18.3. The first-order valence-electron chi connectivity index (χ1n) is 22.9. The van der Waals surface area contributed by atoms with E-state index >= 15 is 0 Å². The van der Waals surface area contributed by atoms with Crippen LogP contribution in [0.2, 0.25) is 0 Å². The van der Waals surface area contributed by atoms with Gasteiger partial charge in [-0.2, -0.15) is 0 Å². The van der Waals surface area contributed by atoms with Gasteiger partial charge < -0.3 is 164 Å². The molecule has 0 spiro atoms. The summed E-state index contributed by atoms with van der Waals surface area (Å²) in [4.78, 5) is 0. The first-order chi connectivity index (χ1) is 34.1. The molecule has 32 atom stereocenters. The molecular formula is C39H66O33. The van der Waals surface area contributed by atoms with Gasteiger partial charge in [-0.05, 0) is 0 Å². The van der Waals surface area contributed by atoms with E-state index in [1.54, 1.807) is 0 Å². The van der Waals surface area contributed by atoms with Crippen LogP contribution in [0.3, 0.4) is 0 Å². The molecular weight excluding hydrogens is 996 g/mol. The normalized spacial score (nSPS) is 53.7. The van der Waals surface area contributed by atoms with Gasteiger partial charge in [-0.3, -0.25) is 0 Å². The minimum absolute atomic E-state index is 0.541. The molecule has 20 N–H and O–H groups in total. The van der Waals surface area contributed by atoms with Gasteiger partial charge in [0.1, 0.15) is 153 Å². The average Bonchev–Trinajstić information content (AvgIpc) is 3.64. The van der Waals surface area contributed by atoms with E-state index in [-0.39, 0.29) is 0 Å². The minimum atomic E-state index is -2.29. The van der Waals surface area contributed by atoms with Crippen LogP contribution in [0.5, 0.6) is 0 Å². The van der Waals surface area contributed by atoms with Crippen molar-refractivity contribution in [1.29, 1.82) is 0 Å². The number of aliphatic hydroxyl groups excluding tert-OH is 20. The van der Waals surface area contributed by atoms with Crippen molar-refractivity contribution in [3.8, 4) is 0 Å². The summed E-state index contributed by atoms with van der Waals surface area (Å²) in [5, 5.41) is 211. The van der Waals surface area contributed by atoms with Crippen LogP contribution in [-0.2, 0) is 61.6 Å². The molecule has 0 saturated carbocycles. The lowest BCUT2D eigenvalue weighted by Crippen LogP contribution is -2.68. The summed E-state index contributed by atoms with van der Waals surface area (Å²) in [5.41, 5.74) is 0. The van der Waals surface area contributed by atoms with Crippen LogP contribution in [0.15, 0.2) is 0 Å². The Hall–Kier alpha value is -1.32. The van der Waals surface area contributed by atoms with Gasteiger partial charge in [-0.1, -0.05) is 0 Å². The Balaban J connectivity index is 1.15. The zero-order chi connectivity index (χ0) is 52.6. The number of hydrogen-bond acceptors (Lipinski definition) is 33. The van der Waals surface area contributed by atoms with Crippen molar-refractivity contribution in [3.63, 3.8) is 0 Å². The summed E-state index contributed by atoms with van der Waals surface area (Å²) < 4.78 is 73.3. The third-order valence-electron chi connectivity index (χ3n) is 13.4. The predicted molar refractivity (Wildman–Crippen MR) is 214 cm³/mol. The van der Waals surface area contributed by atoms with Crippen molar-refractivity contribution in [2.75, 3.05) is 46.2 Å². The Morgan fingerprint density at radius 3 is 1.12 bits per heavy atom. The van der Waals surface area contributed by atoms with E-state index in [0.29, 0.717) is 0 Å². The number of ether oxygens (including phenoxy) is 13. The van der Waals surface area contributed by atoms with Crippen molar-refractivity contribution in [2.24, 2.45) is 0 Å². The molecule has 7 saturated heterocycles. The molecule has 0 aliphatic carbocycles. The van der Waals surface area contributed by atoms with Gasteiger partial charge in [0.05, 0.1) is 46.2 Å². The molecule has 0 radical (unpaired) electrons. The molecule has 7 aliphatic heterocycles. The highest BCUT2D eigenvalue weighted by Gasteiger charge is 2.57. The summed E-state index contributed by atoms with van der Waals surface area (Å²) in [6.07, 6.45) is -60.3. The summed E-state index contributed by atoms with van der Waals surface area (Å²) in [7, 11) is 0. The van der Waals surface area contributed by atoms with Gasteiger partial charge in [0, 0.05) is 0 Å². The maximum atomic E-state index is 11.8. The Bertz CT molecular complexity index is 1660. The number of hydrogen-bond donors (Lipinski definition) is 20. The van der Waals surface area contributed by atoms with Crippen molar-refractivity contribution in [2.45, 2.75) is 197 Å². The monoisotopic (exact) mass is 1060 g/mol. The van der Waals surface area contributed by atoms with Crippen LogP contribution in [0, 0.1) is 0 Å². The first kappa shape index (κ1) is 58.4. The zero-order valence-electron chi connectivity index (χ0n) is 37.7. The average molecular weight is 1060 g/mol. The molecule has 0 aromatic carbocycles. The van der Waals surface area contributed by atoms with Gasteiger partial charge in [0.25, 0.3) is 0 Å². The minimum Gasteiger partial charge on any atom is -0.394 e. The quantitative estimate of drug-likeness (QED) is 0.0643. The summed E-state index contributed by atoms with van der Waals surface area (Å²) in [5.74, 6) is 0. The Morgan fingerprint density at radius 1 is 0.292 bits per heavy atom. The molecule has 33 heteroatoms. The highest BCUT2D eigenvalue weighted by molar-refractivity contribution is 4.99. The van der Waals surface area contributed by atoms with Crippen LogP contribution in [0.4, 0.5) is 0 Å². The van der Waals surface area contributed by atoms with Crippen molar-refractivity contribution >= 4 is 0 Å². The van der Waals surface area contributed by atoms with Gasteiger partial charge in [-0.25, -0.2) is 0 Å². The van der Waals surface area contributed by atoms with Crippen LogP contribution in [-0.4, -0.2) is 345 Å². The van der Waals surface area contributed by atoms with Crippen LogP contribution in [0.25, 0.3) is 0 Å². The Labute approximate surface area is 406 Å². The highest BCUT2D eigenvalue weighted by atomic mass is 16.8. The topological polar surface area (TPSA) is 525 Å². The molecule has 0 aromatic rings. The lowest BCUT2D eigenvalue weighted by molar-refractivity contribution is -0.393. The van der Waals surface area contributed by atoms with E-state index in [1.807, 2.05) is 0 Å². The maximum absolute atomic E-state index is 11.8. The number of rotatable bonds is 17. The third kappa shape index (κ3) is 12.2. The second kappa shape index (κ2) is 25.0. The predicted octanol–water partition coefficient (Wildman–Crippen LogP) is -14.4. The van der Waals surface area contributed by atoms with E-state index in [9.17, 15) is 102 Å². The molecule has 7 rings (SSSR count). The zero-order valence-corrected chi connectivity index (χ0v) is 37.7. The molecule has 7 fully saturated rings. The lowest BCUT2D eigenvalue weighted by atomic mass is 9.95. The standard InChI is InChI=1S/C39H66O33/c40-1-10-17(47)19(49)26(56)36(65-10)70-30-13(6-62-34-24(54)15(45)8(43)4-60-34)67-38(28(58)22(30)52)71-31-14(68-37(27(57)21(31)51)69-29-12(3-42)64-33(59)23(53)20(29)50)7-63-39-32(16(46)9(44)5-61-39)72-35-25(55)18(48)11(2-41)66-35/h8-59H,1-7H2/t8-,9-,10-,11+,12-,13-,14-,15+,16+,17-,18+,19+,20-,21-,22-,23-,24-,25-,26-,27-,28-,29-,30-,31-,32-,33?,34-,35+,36+,37+,38+,39-/m1/s1. The van der Waals surface area contributed by atoms with Crippen molar-refractivity contribution < 1.29 is 164 Å². The molecule has 7 heterocycles. The van der Waals surface area contributed by atoms with E-state index in [2.05, 4.69) is 0 Å². The van der Waals surface area contributed by atoms with Gasteiger partial charge >= 0.3 is 0 Å². The highest BCUT2D eigenvalue weighted by Crippen LogP contribution is 2.36. The van der Waals surface area contributed by atoms with Crippen LogP contribution >= 0.6 is 0 Å². The molecule has 0 amide bonds. The second-order valence-electron chi connectivity index (χ2n) is 18.3. The smallest absolute Gasteiger partial charge is 0.187 e. The van der Waals surface area contributed by atoms with E-state index in [4.69, 9.17) is 61.6 Å². The summed E-state index contributed by atoms with van der Waals surface area (Å²) in [6, 6.07) is 0. The molecule has 72 heavy (non-hydrogen) atoms. The van der Waals surface area contributed by atoms with Crippen molar-refractivity contribution in [1.82, 2.24) is 0 Å². The molecule has 1 unspecified atom stereocenters. The SMILES string of the molecule is OC[C@@H]1O[C@@H](O[C@H]2[C@@H](OC[C@H]3O[C@@H](O[C@H]4[C@H](O)[C@@H](O)C(O)O[C@@H]4CO)[C@H](O)[C@@H](O)[C@@H]3O[C@@H]3O[C@H](CO[C@H]4OC[C@@H](O)[C@H](O)[C@H]4O)[C@@H](O[C@@H]4O[C@H](CO)[C@@H](O)[C@H](O)[C@H]4O)[C@H](O)[C@H]3O)OC[C@@H](O)[C@@H]2O)[C@H](O)[C@H]1O. The van der Waals surface area contributed by atoms with Gasteiger partial charge in [-0.15, -0.1) is 0 Å². The third-order valence-corrected chi connectivity index (χ3v) is 13.4. The van der Waals surface area contributed by atoms with E-state index < -0.39 is 243 Å². The van der Waals surface area contributed by atoms with Gasteiger partial charge in [0.15, 0.2) is 44.0 Å². The fourth-order valence-electron chi connectivity index (χ4n) is 9.01. The first-order valence-corrected chi connectivity index (χ1v) is 22.9. The summed E-state index contributed by atoms with van der Waals surface area (Å²) >= 11 is 0. The van der Waals surface area contributed by atoms with E-state index in [1.165, 1.54) is 0 Å². The lowest BCUT2D eigenvalue weighted by Gasteiger charge is -2.49. The molecule has 0 aromatic heterocycles. The largest absolute Gasteiger partial charge is 0.394 e. The number of aliphatic hydroxyl groups is 20. The van der Waals surface area contributed by atoms with Gasteiger partial charge in [0.2, 0.25) is 0 Å². The van der Waals surface area contributed by atoms with E-state index in [0.717, 1.165) is 0 Å². The Morgan fingerprint density at radius 2 is 0.639 bits per heavy atom. The Kier molecular flexibility index (Phi) is 20.3. The molecule has 0 bridgehead atoms. The molecule has 7 aliphatic rings. The summed E-state index contributed by atoms with van der Waals surface area (Å²) in [6.45, 7) is -5.55. The fourth-order valence-corrected chi connectivity index (χ4v) is 9.01. The van der Waals surface area contributed by atoms with Crippen LogP contribution < -0.4 is 0 Å². The maximum Gasteiger partial charge on any atom is 0.187 e. The fraction of sp³-hybridized carbons (Fsp3) is 1.00. The van der Waals surface area contributed by atoms with Crippen LogP contribution in [0.1, 0.15) is 0 Å². The molecule has 420 valence electrons. The van der Waals surface area contributed by atoms with Crippen molar-refractivity contribution in [3.05, 3.63) is 0 Å². The molecule has 33 nitrogen and oxygen atoms in total.